The molecule has 5 heteroatoms. The van der Waals surface area contributed by atoms with E-state index in [0.717, 1.165) is 6.20 Å². The normalized spacial score (nSPS) is 9.80. The number of aromatic nitrogens is 1. The summed E-state index contributed by atoms with van der Waals surface area (Å²) in [6.45, 7) is 0. The quantitative estimate of drug-likeness (QED) is 0.592. The first-order valence-corrected chi connectivity index (χ1v) is 2.83. The zero-order valence-corrected chi connectivity index (χ0v) is 5.57. The number of hydrogen-bond acceptors (Lipinski definition) is 2. The van der Waals surface area contributed by atoms with Crippen LogP contribution in [0.4, 0.5) is 10.1 Å². The molecule has 0 bridgehead atoms. The van der Waals surface area contributed by atoms with Crippen LogP contribution in [0.3, 0.4) is 0 Å². The first-order chi connectivity index (χ1) is 4.63. The Morgan fingerprint density at radius 1 is 1.70 bits per heavy atom. The molecule has 0 saturated heterocycles. The van der Waals surface area contributed by atoms with Crippen LogP contribution in [0.1, 0.15) is 0 Å². The molecule has 0 aliphatic rings. The molecule has 1 heterocycles. The number of nitrogens with one attached hydrogen (secondary N) is 1. The van der Waals surface area contributed by atoms with E-state index >= 15 is 0 Å². The number of H-pyrrole nitrogens is 1. The van der Waals surface area contributed by atoms with Crippen LogP contribution in [0.25, 0.3) is 0 Å². The lowest BCUT2D eigenvalue weighted by Crippen LogP contribution is -2.09. The molecule has 0 aromatic carbocycles. The van der Waals surface area contributed by atoms with E-state index in [9.17, 15) is 9.18 Å². The van der Waals surface area contributed by atoms with Gasteiger partial charge in [-0.05, 0) is 0 Å². The summed E-state index contributed by atoms with van der Waals surface area (Å²) < 4.78 is 12.4. The maximum absolute atomic E-state index is 12.4. The maximum Gasteiger partial charge on any atom is 0.269 e. The molecule has 3 nitrogen and oxygen atoms in total. The number of nitrogen functional groups attached to an aromatic ring is 1. The number of hydrogen-bond donors (Lipinski definition) is 2. The topological polar surface area (TPSA) is 58.9 Å². The van der Waals surface area contributed by atoms with Crippen LogP contribution in [0.15, 0.2) is 11.0 Å². The predicted octanol–water partition coefficient (Wildman–Crippen LogP) is 0.750. The van der Waals surface area contributed by atoms with Gasteiger partial charge >= 0.3 is 0 Å². The molecule has 0 radical (unpaired) electrons. The molecule has 0 fully saturated rings. The summed E-state index contributed by atoms with van der Waals surface area (Å²) in [7, 11) is 0. The number of anilines is 1. The van der Waals surface area contributed by atoms with Crippen molar-refractivity contribution in [1.29, 1.82) is 0 Å². The van der Waals surface area contributed by atoms with Crippen LogP contribution >= 0.6 is 11.6 Å². The minimum Gasteiger partial charge on any atom is -0.395 e. The zero-order valence-electron chi connectivity index (χ0n) is 4.82. The lowest BCUT2D eigenvalue weighted by molar-refractivity contribution is 0.625. The summed E-state index contributed by atoms with van der Waals surface area (Å²) in [6, 6.07) is 0. The Hall–Kier alpha value is -1.03. The average Bonchev–Trinajstić information content (AvgIpc) is 1.93. The number of pyridine rings is 1. The average molecular weight is 163 g/mol. The van der Waals surface area contributed by atoms with Crippen molar-refractivity contribution in [2.24, 2.45) is 0 Å². The van der Waals surface area contributed by atoms with Crippen LogP contribution in [0.2, 0.25) is 5.02 Å². The van der Waals surface area contributed by atoms with Gasteiger partial charge < -0.3 is 10.7 Å². The third kappa shape index (κ3) is 0.974. The Morgan fingerprint density at radius 3 is 2.80 bits per heavy atom. The van der Waals surface area contributed by atoms with Gasteiger partial charge in [0.05, 0.1) is 5.69 Å². The SMILES string of the molecule is Nc1c(F)c[nH]c(=O)c1Cl. The molecule has 0 aliphatic heterocycles. The number of nitrogens with two attached hydrogens (primary N) is 1. The van der Waals surface area contributed by atoms with E-state index in [2.05, 4.69) is 4.98 Å². The van der Waals surface area contributed by atoms with Crippen LogP contribution in [0, 0.1) is 5.82 Å². The van der Waals surface area contributed by atoms with Crippen LogP contribution < -0.4 is 11.3 Å². The highest BCUT2D eigenvalue weighted by Crippen LogP contribution is 2.14. The molecule has 0 aliphatic carbocycles. The van der Waals surface area contributed by atoms with Gasteiger partial charge in [-0.15, -0.1) is 0 Å². The summed E-state index contributed by atoms with van der Waals surface area (Å²) in [5.41, 5.74) is 4.16. The summed E-state index contributed by atoms with van der Waals surface area (Å²) >= 11 is 5.27. The Labute approximate surface area is 60.6 Å². The van der Waals surface area contributed by atoms with Crippen LogP contribution in [-0.4, -0.2) is 4.98 Å². The fraction of sp³-hybridized carbons (Fsp3) is 0. The molecule has 0 saturated carbocycles. The molecular formula is C5H4ClFN2O. The molecule has 1 aromatic heterocycles. The Morgan fingerprint density at radius 2 is 2.30 bits per heavy atom. The van der Waals surface area contributed by atoms with Gasteiger partial charge in [0.15, 0.2) is 5.82 Å². The first kappa shape index (κ1) is 7.08. The van der Waals surface area contributed by atoms with Crippen molar-refractivity contribution < 1.29 is 4.39 Å². The van der Waals surface area contributed by atoms with E-state index in [1.807, 2.05) is 0 Å². The molecule has 10 heavy (non-hydrogen) atoms. The fourth-order valence-corrected chi connectivity index (χ4v) is 0.642. The summed E-state index contributed by atoms with van der Waals surface area (Å²) in [4.78, 5) is 12.6. The van der Waals surface area contributed by atoms with Crippen molar-refractivity contribution in [2.45, 2.75) is 0 Å². The fourth-order valence-electron chi connectivity index (χ4n) is 0.497. The number of aromatic amines is 1. The second kappa shape index (κ2) is 2.30. The largest absolute Gasteiger partial charge is 0.395 e. The number of halogens is 2. The van der Waals surface area contributed by atoms with E-state index in [1.54, 1.807) is 0 Å². The van der Waals surface area contributed by atoms with Crippen molar-refractivity contribution >= 4 is 17.3 Å². The molecule has 3 N–H and O–H groups in total. The van der Waals surface area contributed by atoms with Gasteiger partial charge in [0, 0.05) is 6.20 Å². The standard InChI is InChI=1S/C5H4ClFN2O/c6-3-4(8)2(7)1-9-5(3)10/h1H,(H3,8,9,10). The van der Waals surface area contributed by atoms with Crippen molar-refractivity contribution in [2.75, 3.05) is 5.73 Å². The second-order valence-electron chi connectivity index (χ2n) is 1.69. The third-order valence-electron chi connectivity index (χ3n) is 1.02. The minimum absolute atomic E-state index is 0.306. The van der Waals surface area contributed by atoms with Crippen LogP contribution in [0.5, 0.6) is 0 Å². The molecule has 0 unspecified atom stereocenters. The lowest BCUT2D eigenvalue weighted by Gasteiger charge is -1.95. The van der Waals surface area contributed by atoms with E-state index in [0.29, 0.717) is 0 Å². The molecule has 54 valence electrons. The molecule has 0 spiro atoms. The van der Waals surface area contributed by atoms with Gasteiger partial charge in [0.2, 0.25) is 0 Å². The lowest BCUT2D eigenvalue weighted by atomic mass is 10.4. The van der Waals surface area contributed by atoms with E-state index in [-0.39, 0.29) is 10.7 Å². The summed E-state index contributed by atoms with van der Waals surface area (Å²) in [6.07, 6.45) is 0.865. The number of rotatable bonds is 0. The molecule has 0 amide bonds. The van der Waals surface area contributed by atoms with Gasteiger partial charge in [-0.1, -0.05) is 11.6 Å². The highest BCUT2D eigenvalue weighted by molar-refractivity contribution is 6.32. The van der Waals surface area contributed by atoms with Gasteiger partial charge in [-0.3, -0.25) is 4.79 Å². The molecule has 1 aromatic rings. The maximum atomic E-state index is 12.4. The minimum atomic E-state index is -0.718. The van der Waals surface area contributed by atoms with Crippen molar-refractivity contribution in [3.63, 3.8) is 0 Å². The van der Waals surface area contributed by atoms with Crippen molar-refractivity contribution in [3.8, 4) is 0 Å². The summed E-state index contributed by atoms with van der Waals surface area (Å²) in [5, 5.41) is -0.306. The molecule has 1 rings (SSSR count). The highest BCUT2D eigenvalue weighted by atomic mass is 35.5. The van der Waals surface area contributed by atoms with E-state index in [1.165, 1.54) is 0 Å². The monoisotopic (exact) mass is 162 g/mol. The van der Waals surface area contributed by atoms with Gasteiger partial charge in [-0.25, -0.2) is 4.39 Å². The van der Waals surface area contributed by atoms with Crippen molar-refractivity contribution in [1.82, 2.24) is 4.98 Å². The zero-order chi connectivity index (χ0) is 7.72. The smallest absolute Gasteiger partial charge is 0.269 e. The Balaban J connectivity index is 3.49. The van der Waals surface area contributed by atoms with Gasteiger partial charge in [0.25, 0.3) is 5.56 Å². The van der Waals surface area contributed by atoms with Gasteiger partial charge in [-0.2, -0.15) is 0 Å². The molecule has 0 atom stereocenters. The van der Waals surface area contributed by atoms with Crippen LogP contribution in [-0.2, 0) is 0 Å². The highest BCUT2D eigenvalue weighted by Gasteiger charge is 2.05. The third-order valence-corrected chi connectivity index (χ3v) is 1.40. The van der Waals surface area contributed by atoms with E-state index < -0.39 is 11.4 Å². The first-order valence-electron chi connectivity index (χ1n) is 2.45. The Kier molecular flexibility index (Phi) is 1.63. The second-order valence-corrected chi connectivity index (χ2v) is 2.07. The summed E-state index contributed by atoms with van der Waals surface area (Å²) in [5.74, 6) is -0.718. The van der Waals surface area contributed by atoms with Crippen molar-refractivity contribution in [3.05, 3.63) is 27.4 Å². The predicted molar refractivity (Wildman–Crippen MR) is 36.4 cm³/mol. The van der Waals surface area contributed by atoms with E-state index in [4.69, 9.17) is 17.3 Å². The van der Waals surface area contributed by atoms with Gasteiger partial charge in [0.1, 0.15) is 5.02 Å². The molecular weight excluding hydrogens is 159 g/mol. The Bertz CT molecular complexity index is 309.